The van der Waals surface area contributed by atoms with Gasteiger partial charge in [0.15, 0.2) is 0 Å². The highest BCUT2D eigenvalue weighted by Gasteiger charge is 2.46. The molecule has 3 nitrogen and oxygen atoms in total. The van der Waals surface area contributed by atoms with Crippen molar-refractivity contribution >= 4 is 29.4 Å². The molecule has 1 aromatic rings. The minimum atomic E-state index is -0.0198. The van der Waals surface area contributed by atoms with E-state index in [-0.39, 0.29) is 18.2 Å². The minimum Gasteiger partial charge on any atom is -0.355 e. The quantitative estimate of drug-likeness (QED) is 0.761. The van der Waals surface area contributed by atoms with Crippen molar-refractivity contribution in [3.63, 3.8) is 0 Å². The molecule has 1 aromatic carbocycles. The van der Waals surface area contributed by atoms with Crippen LogP contribution >= 0.6 is 23.5 Å². The molecule has 0 saturated carbocycles. The number of fused-ring (bicyclic) bond motifs is 1. The first-order valence-corrected chi connectivity index (χ1v) is 11.4. The normalized spacial score (nSPS) is 31.8. The highest BCUT2D eigenvalue weighted by Crippen LogP contribution is 2.47. The summed E-state index contributed by atoms with van der Waals surface area (Å²) in [7, 11) is 0. The third-order valence-corrected chi connectivity index (χ3v) is 9.03. The molecule has 0 radical (unpaired) electrons. The van der Waals surface area contributed by atoms with Crippen molar-refractivity contribution in [2.24, 2.45) is 5.92 Å². The second kappa shape index (κ2) is 7.53. The Morgan fingerprint density at radius 3 is 2.76 bits per heavy atom. The summed E-state index contributed by atoms with van der Waals surface area (Å²) in [5.41, 5.74) is 1.20. The van der Waals surface area contributed by atoms with Gasteiger partial charge in [-0.25, -0.2) is 0 Å². The van der Waals surface area contributed by atoms with E-state index in [0.717, 1.165) is 12.8 Å². The van der Waals surface area contributed by atoms with E-state index in [2.05, 4.69) is 42.6 Å². The fourth-order valence-corrected chi connectivity index (χ4v) is 7.26. The molecule has 0 aliphatic carbocycles. The van der Waals surface area contributed by atoms with E-state index < -0.39 is 0 Å². The molecule has 0 bridgehead atoms. The second-order valence-corrected chi connectivity index (χ2v) is 10.9. The Balaban J connectivity index is 1.44. The van der Waals surface area contributed by atoms with E-state index in [1.807, 2.05) is 23.1 Å². The van der Waals surface area contributed by atoms with Crippen molar-refractivity contribution in [1.82, 2.24) is 4.90 Å². The number of carbonyl (C=O) groups excluding carboxylic acids is 1. The summed E-state index contributed by atoms with van der Waals surface area (Å²) in [6.45, 7) is 3.03. The summed E-state index contributed by atoms with van der Waals surface area (Å²) < 4.78 is 6.52. The van der Waals surface area contributed by atoms with Crippen molar-refractivity contribution in [3.8, 4) is 0 Å². The molecule has 3 saturated heterocycles. The predicted molar refractivity (Wildman–Crippen MR) is 106 cm³/mol. The first-order valence-electron chi connectivity index (χ1n) is 9.42. The molecular weight excluding hydrogens is 350 g/mol. The van der Waals surface area contributed by atoms with Crippen molar-refractivity contribution in [1.29, 1.82) is 0 Å². The summed E-state index contributed by atoms with van der Waals surface area (Å²) in [6.07, 6.45) is 5.34. The van der Waals surface area contributed by atoms with E-state index in [4.69, 9.17) is 4.74 Å². The third-order valence-electron chi connectivity index (χ3n) is 5.71. The van der Waals surface area contributed by atoms with Gasteiger partial charge in [-0.05, 0) is 49.7 Å². The Morgan fingerprint density at radius 1 is 1.24 bits per heavy atom. The van der Waals surface area contributed by atoms with E-state index in [0.29, 0.717) is 23.0 Å². The maximum absolute atomic E-state index is 12.6. The maximum atomic E-state index is 12.6. The van der Waals surface area contributed by atoms with Crippen LogP contribution in [0.3, 0.4) is 0 Å². The van der Waals surface area contributed by atoms with E-state index >= 15 is 0 Å². The molecule has 0 spiro atoms. The van der Waals surface area contributed by atoms with Gasteiger partial charge >= 0.3 is 0 Å². The zero-order chi connectivity index (χ0) is 17.3. The van der Waals surface area contributed by atoms with Crippen molar-refractivity contribution < 1.29 is 9.53 Å². The van der Waals surface area contributed by atoms with E-state index in [1.54, 1.807) is 0 Å². The molecule has 4 rings (SSSR count). The molecule has 25 heavy (non-hydrogen) atoms. The summed E-state index contributed by atoms with van der Waals surface area (Å²) >= 11 is 4.24. The van der Waals surface area contributed by atoms with Crippen molar-refractivity contribution in [3.05, 3.63) is 35.9 Å². The van der Waals surface area contributed by atoms with Gasteiger partial charge in [0.1, 0.15) is 6.23 Å². The van der Waals surface area contributed by atoms with Crippen molar-refractivity contribution in [2.45, 2.75) is 55.4 Å². The number of thioether (sulfide) groups is 2. The van der Waals surface area contributed by atoms with Crippen LogP contribution in [0.1, 0.15) is 50.6 Å². The number of rotatable bonds is 4. The topological polar surface area (TPSA) is 29.5 Å². The fourth-order valence-electron chi connectivity index (χ4n) is 4.27. The summed E-state index contributed by atoms with van der Waals surface area (Å²) in [5.74, 6) is 3.32. The number of ether oxygens (including phenoxy) is 1. The number of nitrogens with zero attached hydrogens (tertiary/aromatic N) is 1. The van der Waals surface area contributed by atoms with Gasteiger partial charge in [0.05, 0.1) is 16.7 Å². The van der Waals surface area contributed by atoms with Crippen LogP contribution in [0, 0.1) is 5.92 Å². The monoisotopic (exact) mass is 377 g/mol. The average Bonchev–Trinajstić information content (AvgIpc) is 3.09. The number of carbonyl (C=O) groups is 1. The lowest BCUT2D eigenvalue weighted by molar-refractivity contribution is -0.147. The Labute approximate surface area is 159 Å². The van der Waals surface area contributed by atoms with Gasteiger partial charge < -0.3 is 9.64 Å². The average molecular weight is 378 g/mol. The van der Waals surface area contributed by atoms with E-state index in [1.165, 1.54) is 29.9 Å². The first-order chi connectivity index (χ1) is 12.2. The van der Waals surface area contributed by atoms with Crippen LogP contribution in [0.25, 0.3) is 0 Å². The highest BCUT2D eigenvalue weighted by molar-refractivity contribution is 8.18. The van der Waals surface area contributed by atoms with Gasteiger partial charge in [0.2, 0.25) is 5.91 Å². The van der Waals surface area contributed by atoms with Crippen LogP contribution in [-0.2, 0) is 9.53 Å². The number of piperidine rings is 1. The van der Waals surface area contributed by atoms with Crippen LogP contribution in [0.4, 0.5) is 0 Å². The SMILES string of the molecule is CC1(CC[C@H]2CCC(=O)N3[C@@H]2OC[C@H]3c2ccccc2)SCCCS1. The fraction of sp³-hybridized carbons (Fsp3) is 0.650. The lowest BCUT2D eigenvalue weighted by atomic mass is 9.89. The molecule has 3 aliphatic rings. The molecule has 5 heteroatoms. The molecule has 0 unspecified atom stereocenters. The zero-order valence-electron chi connectivity index (χ0n) is 14.9. The molecule has 0 N–H and O–H groups in total. The molecule has 3 aliphatic heterocycles. The lowest BCUT2D eigenvalue weighted by Gasteiger charge is -2.39. The molecule has 1 amide bonds. The maximum Gasteiger partial charge on any atom is 0.225 e. The lowest BCUT2D eigenvalue weighted by Crippen LogP contribution is -2.46. The minimum absolute atomic E-state index is 0.0198. The van der Waals surface area contributed by atoms with Gasteiger partial charge in [-0.2, -0.15) is 0 Å². The van der Waals surface area contributed by atoms with Crippen LogP contribution in [0.2, 0.25) is 0 Å². The van der Waals surface area contributed by atoms with Crippen molar-refractivity contribution in [2.75, 3.05) is 18.1 Å². The molecule has 3 fully saturated rings. The number of benzene rings is 1. The Kier molecular flexibility index (Phi) is 5.35. The molecule has 0 aromatic heterocycles. The largest absolute Gasteiger partial charge is 0.355 e. The zero-order valence-corrected chi connectivity index (χ0v) is 16.5. The number of hydrogen-bond donors (Lipinski definition) is 0. The number of hydrogen-bond acceptors (Lipinski definition) is 4. The molecule has 136 valence electrons. The van der Waals surface area contributed by atoms with Gasteiger partial charge in [-0.15, -0.1) is 23.5 Å². The summed E-state index contributed by atoms with van der Waals surface area (Å²) in [4.78, 5) is 14.7. The van der Waals surface area contributed by atoms with E-state index in [9.17, 15) is 4.79 Å². The van der Waals surface area contributed by atoms with Gasteiger partial charge in [-0.1, -0.05) is 30.3 Å². The predicted octanol–water partition coefficient (Wildman–Crippen LogP) is 4.69. The highest BCUT2D eigenvalue weighted by atomic mass is 32.2. The third kappa shape index (κ3) is 3.74. The van der Waals surface area contributed by atoms with Crippen LogP contribution in [0.15, 0.2) is 30.3 Å². The van der Waals surface area contributed by atoms with Crippen LogP contribution in [-0.4, -0.2) is 39.2 Å². The Morgan fingerprint density at radius 2 is 2.00 bits per heavy atom. The smallest absolute Gasteiger partial charge is 0.225 e. The molecule has 3 atom stereocenters. The summed E-state index contributed by atoms with van der Waals surface area (Å²) in [5, 5.41) is 0. The Bertz CT molecular complexity index is 603. The number of amides is 1. The van der Waals surface area contributed by atoms with Gasteiger partial charge in [0.25, 0.3) is 0 Å². The standard InChI is InChI=1S/C20H27NO2S2/c1-20(24-12-5-13-25-20)11-10-16-8-9-18(22)21-17(14-23-19(16)21)15-6-3-2-4-7-15/h2-4,6-7,16-17,19H,5,8-14H2,1H3/t16-,17+,19-/m1/s1. The molecular formula is C20H27NO2S2. The molecule has 3 heterocycles. The van der Waals surface area contributed by atoms with Gasteiger partial charge in [-0.3, -0.25) is 4.79 Å². The Hall–Kier alpha value is -0.650. The van der Waals surface area contributed by atoms with Gasteiger partial charge in [0, 0.05) is 12.3 Å². The second-order valence-electron chi connectivity index (χ2n) is 7.47. The summed E-state index contributed by atoms with van der Waals surface area (Å²) in [6, 6.07) is 10.4. The van der Waals surface area contributed by atoms with Crippen LogP contribution < -0.4 is 0 Å². The first kappa shape index (κ1) is 17.7. The van der Waals surface area contributed by atoms with Crippen LogP contribution in [0.5, 0.6) is 0 Å².